The lowest BCUT2D eigenvalue weighted by Gasteiger charge is -2.36. The summed E-state index contributed by atoms with van der Waals surface area (Å²) in [7, 11) is 1.91. The molecular formula is C21H28N4O3S. The fourth-order valence-electron chi connectivity index (χ4n) is 3.93. The molecule has 0 bridgehead atoms. The number of nitrogens with zero attached hydrogens (tertiary/aromatic N) is 4. The van der Waals surface area contributed by atoms with E-state index in [1.807, 2.05) is 21.7 Å². The summed E-state index contributed by atoms with van der Waals surface area (Å²) in [5.41, 5.74) is 3.38. The van der Waals surface area contributed by atoms with Gasteiger partial charge in [0.2, 0.25) is 5.91 Å². The maximum Gasteiger partial charge on any atom is 0.251 e. The number of likely N-dealkylation sites (N-methyl/N-ethyl adjacent to an activating group) is 1. The molecule has 2 aromatic rings. The Hall–Kier alpha value is -2.19. The van der Waals surface area contributed by atoms with E-state index in [1.165, 1.54) is 10.3 Å². The van der Waals surface area contributed by atoms with Crippen molar-refractivity contribution in [3.8, 4) is 0 Å². The maximum atomic E-state index is 12.8. The summed E-state index contributed by atoms with van der Waals surface area (Å²) in [4.78, 5) is 35.6. The minimum atomic E-state index is -0.283. The molecule has 2 amide bonds. The number of rotatable bonds is 4. The van der Waals surface area contributed by atoms with Crippen LogP contribution in [0.15, 0.2) is 12.1 Å². The van der Waals surface area contributed by atoms with Crippen molar-refractivity contribution in [1.82, 2.24) is 14.8 Å². The molecule has 8 heteroatoms. The van der Waals surface area contributed by atoms with Gasteiger partial charge in [-0.15, -0.1) is 0 Å². The maximum absolute atomic E-state index is 12.8. The van der Waals surface area contributed by atoms with Gasteiger partial charge in [0.1, 0.15) is 6.10 Å². The lowest BCUT2D eigenvalue weighted by Crippen LogP contribution is -2.54. The van der Waals surface area contributed by atoms with Crippen LogP contribution in [0.3, 0.4) is 0 Å². The predicted octanol–water partition coefficient (Wildman–Crippen LogP) is 2.20. The normalized spacial score (nSPS) is 19.8. The van der Waals surface area contributed by atoms with Crippen molar-refractivity contribution >= 4 is 38.5 Å². The van der Waals surface area contributed by atoms with Gasteiger partial charge in [0.05, 0.1) is 16.8 Å². The zero-order valence-electron chi connectivity index (χ0n) is 17.3. The molecule has 4 rings (SSSR count). The minimum Gasteiger partial charge on any atom is -0.368 e. The zero-order chi connectivity index (χ0) is 20.5. The number of anilines is 1. The molecule has 2 fully saturated rings. The Morgan fingerprint density at radius 2 is 1.86 bits per heavy atom. The Bertz CT molecular complexity index is 875. The highest BCUT2D eigenvalue weighted by Crippen LogP contribution is 2.32. The van der Waals surface area contributed by atoms with Gasteiger partial charge in [-0.2, -0.15) is 0 Å². The van der Waals surface area contributed by atoms with Crippen molar-refractivity contribution in [2.45, 2.75) is 32.8 Å². The Kier molecular flexibility index (Phi) is 5.74. The summed E-state index contributed by atoms with van der Waals surface area (Å²) in [6, 6.07) is 4.20. The molecule has 2 saturated heterocycles. The molecule has 1 aromatic carbocycles. The minimum absolute atomic E-state index is 0.0735. The molecule has 0 aliphatic carbocycles. The van der Waals surface area contributed by atoms with E-state index >= 15 is 0 Å². The van der Waals surface area contributed by atoms with Gasteiger partial charge in [-0.3, -0.25) is 9.59 Å². The Morgan fingerprint density at radius 1 is 1.17 bits per heavy atom. The Labute approximate surface area is 175 Å². The second-order valence-electron chi connectivity index (χ2n) is 7.94. The van der Waals surface area contributed by atoms with E-state index in [1.54, 1.807) is 11.3 Å². The van der Waals surface area contributed by atoms with Crippen LogP contribution in [0.4, 0.5) is 5.13 Å². The molecule has 0 unspecified atom stereocenters. The topological polar surface area (TPSA) is 66.0 Å². The van der Waals surface area contributed by atoms with Crippen LogP contribution in [-0.2, 0) is 14.3 Å². The van der Waals surface area contributed by atoms with Crippen molar-refractivity contribution in [3.05, 3.63) is 23.3 Å². The first-order valence-electron chi connectivity index (χ1n) is 10.2. The number of fused-ring (bicyclic) bond motifs is 1. The van der Waals surface area contributed by atoms with Crippen molar-refractivity contribution in [2.24, 2.45) is 0 Å². The molecule has 0 saturated carbocycles. The Morgan fingerprint density at radius 3 is 2.52 bits per heavy atom. The third-order valence-electron chi connectivity index (χ3n) is 5.78. The van der Waals surface area contributed by atoms with Gasteiger partial charge in [-0.25, -0.2) is 4.98 Å². The molecule has 0 N–H and O–H groups in total. The average molecular weight is 417 g/mol. The quantitative estimate of drug-likeness (QED) is 0.765. The van der Waals surface area contributed by atoms with Gasteiger partial charge in [-0.1, -0.05) is 23.5 Å². The van der Waals surface area contributed by atoms with Gasteiger partial charge in [0, 0.05) is 39.8 Å². The van der Waals surface area contributed by atoms with Gasteiger partial charge in [0.25, 0.3) is 5.91 Å². The van der Waals surface area contributed by atoms with E-state index < -0.39 is 0 Å². The van der Waals surface area contributed by atoms with E-state index in [4.69, 9.17) is 9.72 Å². The van der Waals surface area contributed by atoms with Gasteiger partial charge in [0.15, 0.2) is 5.13 Å². The van der Waals surface area contributed by atoms with Gasteiger partial charge in [-0.05, 0) is 37.8 Å². The van der Waals surface area contributed by atoms with Crippen molar-refractivity contribution in [3.63, 3.8) is 0 Å². The number of hydrogen-bond donors (Lipinski definition) is 0. The van der Waals surface area contributed by atoms with Crippen LogP contribution in [-0.4, -0.2) is 79.1 Å². The summed E-state index contributed by atoms with van der Waals surface area (Å²) in [6.45, 7) is 7.41. The largest absolute Gasteiger partial charge is 0.368 e. The van der Waals surface area contributed by atoms with Crippen LogP contribution >= 0.6 is 11.3 Å². The average Bonchev–Trinajstić information content (AvgIpc) is 3.41. The molecule has 2 aliphatic heterocycles. The number of ether oxygens (including phenoxy) is 1. The highest BCUT2D eigenvalue weighted by atomic mass is 32.1. The van der Waals surface area contributed by atoms with Crippen LogP contribution in [0.2, 0.25) is 0 Å². The van der Waals surface area contributed by atoms with Crippen LogP contribution in [0.1, 0.15) is 24.0 Å². The SMILES string of the molecule is Cc1ccc(C)c2sc(N(C)CC(=O)N3CCN(C(=O)[C@H]4CCCO4)CC3)nc12. The molecule has 0 radical (unpaired) electrons. The fraction of sp³-hybridized carbons (Fsp3) is 0.571. The molecule has 29 heavy (non-hydrogen) atoms. The standard InChI is InChI=1S/C21H28N4O3S/c1-14-6-7-15(2)19-18(14)22-21(29-19)23(3)13-17(26)24-8-10-25(11-9-24)20(27)16-5-4-12-28-16/h6-7,16H,4-5,8-13H2,1-3H3/t16-/m1/s1. The number of thiazole rings is 1. The number of hydrogen-bond acceptors (Lipinski definition) is 6. The number of benzene rings is 1. The summed E-state index contributed by atoms with van der Waals surface area (Å²) in [5.74, 6) is 0.149. The van der Waals surface area contributed by atoms with E-state index in [9.17, 15) is 9.59 Å². The first-order chi connectivity index (χ1) is 13.9. The number of carbonyl (C=O) groups is 2. The number of aryl methyl sites for hydroxylation is 2. The molecule has 2 aliphatic rings. The molecule has 156 valence electrons. The number of aromatic nitrogens is 1. The van der Waals surface area contributed by atoms with E-state index in [2.05, 4.69) is 26.0 Å². The molecule has 3 heterocycles. The van der Waals surface area contributed by atoms with Crippen LogP contribution < -0.4 is 4.90 Å². The predicted molar refractivity (Wildman–Crippen MR) is 114 cm³/mol. The second kappa shape index (κ2) is 8.28. The number of amides is 2. The van der Waals surface area contributed by atoms with E-state index in [-0.39, 0.29) is 24.5 Å². The Balaban J connectivity index is 1.34. The molecule has 7 nitrogen and oxygen atoms in total. The lowest BCUT2D eigenvalue weighted by atomic mass is 10.1. The summed E-state index contributed by atoms with van der Waals surface area (Å²) in [5, 5.41) is 0.859. The summed E-state index contributed by atoms with van der Waals surface area (Å²) < 4.78 is 6.68. The van der Waals surface area contributed by atoms with Crippen molar-refractivity contribution in [1.29, 1.82) is 0 Å². The lowest BCUT2D eigenvalue weighted by molar-refractivity contribution is -0.145. The fourth-order valence-corrected chi connectivity index (χ4v) is 5.01. The highest BCUT2D eigenvalue weighted by molar-refractivity contribution is 7.22. The molecule has 0 spiro atoms. The molecule has 1 aromatic heterocycles. The first-order valence-corrected chi connectivity index (χ1v) is 11.0. The smallest absolute Gasteiger partial charge is 0.251 e. The van der Waals surface area contributed by atoms with Crippen LogP contribution in [0.25, 0.3) is 10.2 Å². The first kappa shape index (κ1) is 20.1. The molecular weight excluding hydrogens is 388 g/mol. The highest BCUT2D eigenvalue weighted by Gasteiger charge is 2.31. The number of piperazine rings is 1. The van der Waals surface area contributed by atoms with Gasteiger partial charge >= 0.3 is 0 Å². The molecule has 1 atom stereocenters. The van der Waals surface area contributed by atoms with Crippen LogP contribution in [0, 0.1) is 13.8 Å². The number of carbonyl (C=O) groups excluding carboxylic acids is 2. The van der Waals surface area contributed by atoms with Crippen molar-refractivity contribution in [2.75, 3.05) is 51.3 Å². The third kappa shape index (κ3) is 4.09. The monoisotopic (exact) mass is 416 g/mol. The zero-order valence-corrected chi connectivity index (χ0v) is 18.1. The van der Waals surface area contributed by atoms with Gasteiger partial charge < -0.3 is 19.4 Å². The van der Waals surface area contributed by atoms with E-state index in [0.717, 1.165) is 29.1 Å². The summed E-state index contributed by atoms with van der Waals surface area (Å²) >= 11 is 1.63. The third-order valence-corrected chi connectivity index (χ3v) is 7.08. The second-order valence-corrected chi connectivity index (χ2v) is 8.91. The summed E-state index contributed by atoms with van der Waals surface area (Å²) in [6.07, 6.45) is 1.48. The van der Waals surface area contributed by atoms with Crippen LogP contribution in [0.5, 0.6) is 0 Å². The van der Waals surface area contributed by atoms with E-state index in [0.29, 0.717) is 32.8 Å². The van der Waals surface area contributed by atoms with Crippen molar-refractivity contribution < 1.29 is 14.3 Å².